The summed E-state index contributed by atoms with van der Waals surface area (Å²) in [5.41, 5.74) is 5.19. The molecule has 3 N–H and O–H groups in total. The standard InChI is InChI=1S/C2H2BrN3S.CH2O3.Na/c3-1-5-6-2(4)7-1;2-1(3)4;/h(H2,4,6);(H2,2,3,4);/q;;+1/p-1. The van der Waals surface area contributed by atoms with Gasteiger partial charge in [0.25, 0.3) is 0 Å². The number of anilines is 1. The molecular formula is C3H3BrN3NaO3S. The third-order valence-electron chi connectivity index (χ3n) is 0.416. The molecule has 9 heteroatoms. The summed E-state index contributed by atoms with van der Waals surface area (Å²) < 4.78 is 0.727. The van der Waals surface area contributed by atoms with Gasteiger partial charge in [0.1, 0.15) is 0 Å². The molecule has 1 aromatic rings. The van der Waals surface area contributed by atoms with Crippen molar-refractivity contribution in [3.05, 3.63) is 3.92 Å². The van der Waals surface area contributed by atoms with E-state index in [4.69, 9.17) is 20.7 Å². The van der Waals surface area contributed by atoms with Gasteiger partial charge in [0, 0.05) is 0 Å². The van der Waals surface area contributed by atoms with Crippen LogP contribution >= 0.6 is 27.3 Å². The average molecular weight is 264 g/mol. The molecule has 0 aliphatic rings. The predicted molar refractivity (Wildman–Crippen MR) is 40.0 cm³/mol. The monoisotopic (exact) mass is 263 g/mol. The maximum absolute atomic E-state index is 8.44. The van der Waals surface area contributed by atoms with Crippen LogP contribution in [0.3, 0.4) is 0 Å². The van der Waals surface area contributed by atoms with E-state index in [-0.39, 0.29) is 29.6 Å². The van der Waals surface area contributed by atoms with Gasteiger partial charge in [-0.2, -0.15) is 0 Å². The molecule has 0 unspecified atom stereocenters. The Morgan fingerprint density at radius 1 is 1.67 bits per heavy atom. The third kappa shape index (κ3) is 10.1. The first-order chi connectivity index (χ1) is 5.02. The van der Waals surface area contributed by atoms with Gasteiger partial charge in [-0.25, -0.2) is 0 Å². The van der Waals surface area contributed by atoms with Crippen molar-refractivity contribution in [1.82, 2.24) is 10.2 Å². The maximum Gasteiger partial charge on any atom is 1.00 e. The Kier molecular flexibility index (Phi) is 9.44. The van der Waals surface area contributed by atoms with Crippen molar-refractivity contribution in [2.45, 2.75) is 0 Å². The van der Waals surface area contributed by atoms with Gasteiger partial charge < -0.3 is 20.7 Å². The number of rotatable bonds is 0. The molecule has 1 aromatic heterocycles. The van der Waals surface area contributed by atoms with Crippen LogP contribution in [0, 0.1) is 0 Å². The Bertz CT molecular complexity index is 224. The molecule has 1 rings (SSSR count). The number of hydrogen-bond donors (Lipinski definition) is 2. The van der Waals surface area contributed by atoms with Crippen molar-refractivity contribution in [3.63, 3.8) is 0 Å². The minimum absolute atomic E-state index is 0. The summed E-state index contributed by atoms with van der Waals surface area (Å²) in [5, 5.41) is 22.9. The third-order valence-corrected chi connectivity index (χ3v) is 1.60. The van der Waals surface area contributed by atoms with Gasteiger partial charge in [0.05, 0.1) is 0 Å². The van der Waals surface area contributed by atoms with Crippen molar-refractivity contribution in [2.75, 3.05) is 5.73 Å². The van der Waals surface area contributed by atoms with Gasteiger partial charge >= 0.3 is 29.6 Å². The molecule has 0 aliphatic heterocycles. The number of hydrogen-bond acceptors (Lipinski definition) is 6. The van der Waals surface area contributed by atoms with E-state index in [1.807, 2.05) is 0 Å². The van der Waals surface area contributed by atoms with Crippen LogP contribution in [0.5, 0.6) is 0 Å². The van der Waals surface area contributed by atoms with Gasteiger partial charge in [-0.3, -0.25) is 0 Å². The number of nitrogen functional groups attached to an aromatic ring is 1. The van der Waals surface area contributed by atoms with Crippen molar-refractivity contribution in [2.24, 2.45) is 0 Å². The first kappa shape index (κ1) is 14.6. The maximum atomic E-state index is 8.44. The van der Waals surface area contributed by atoms with Gasteiger partial charge in [0.15, 0.2) is 3.92 Å². The molecule has 0 atom stereocenters. The topological polar surface area (TPSA) is 112 Å². The zero-order valence-corrected chi connectivity index (χ0v) is 10.4. The summed E-state index contributed by atoms with van der Waals surface area (Å²) in [6.45, 7) is 0. The van der Waals surface area contributed by atoms with Crippen LogP contribution < -0.4 is 40.4 Å². The Balaban J connectivity index is 0. The van der Waals surface area contributed by atoms with Crippen molar-refractivity contribution < 1.29 is 44.6 Å². The van der Waals surface area contributed by atoms with Crippen LogP contribution in [0.25, 0.3) is 0 Å². The number of carboxylic acid groups (broad SMARTS) is 2. The van der Waals surface area contributed by atoms with E-state index >= 15 is 0 Å². The number of nitrogens with zero attached hydrogens (tertiary/aromatic N) is 2. The minimum atomic E-state index is -2.08. The summed E-state index contributed by atoms with van der Waals surface area (Å²) in [5.74, 6) is 0. The first-order valence-corrected chi connectivity index (χ1v) is 3.77. The van der Waals surface area contributed by atoms with E-state index < -0.39 is 6.16 Å². The van der Waals surface area contributed by atoms with Crippen molar-refractivity contribution >= 4 is 38.6 Å². The molecule has 0 fully saturated rings. The Morgan fingerprint density at radius 3 is 2.17 bits per heavy atom. The number of halogens is 1. The minimum Gasteiger partial charge on any atom is -0.565 e. The zero-order chi connectivity index (χ0) is 8.85. The van der Waals surface area contributed by atoms with Crippen LogP contribution in [0.4, 0.5) is 9.93 Å². The molecular weight excluding hydrogens is 261 g/mol. The van der Waals surface area contributed by atoms with E-state index in [2.05, 4.69) is 26.1 Å². The van der Waals surface area contributed by atoms with Gasteiger partial charge in [0.2, 0.25) is 11.3 Å². The van der Waals surface area contributed by atoms with E-state index in [1.165, 1.54) is 11.3 Å². The molecule has 0 saturated carbocycles. The molecule has 0 aromatic carbocycles. The summed E-state index contributed by atoms with van der Waals surface area (Å²) >= 11 is 4.41. The van der Waals surface area contributed by atoms with Crippen LogP contribution in [-0.4, -0.2) is 21.5 Å². The SMILES string of the molecule is Nc1nnc(Br)s1.O=C([O-])O.[Na+]. The van der Waals surface area contributed by atoms with Gasteiger partial charge in [-0.05, 0) is 15.9 Å². The zero-order valence-electron chi connectivity index (χ0n) is 6.02. The van der Waals surface area contributed by atoms with Crippen LogP contribution in [0.2, 0.25) is 0 Å². The second-order valence-electron chi connectivity index (χ2n) is 1.16. The number of aromatic nitrogens is 2. The van der Waals surface area contributed by atoms with Gasteiger partial charge in [-0.15, -0.1) is 10.2 Å². The Labute approximate surface area is 102 Å². The molecule has 6 nitrogen and oxygen atoms in total. The van der Waals surface area contributed by atoms with E-state index in [0.717, 1.165) is 3.92 Å². The Hall–Kier alpha value is 0.110. The summed E-state index contributed by atoms with van der Waals surface area (Å²) in [7, 11) is 0. The molecule has 0 saturated heterocycles. The smallest absolute Gasteiger partial charge is 0.565 e. The normalized spacial score (nSPS) is 7.42. The quantitative estimate of drug-likeness (QED) is 0.476. The van der Waals surface area contributed by atoms with E-state index in [9.17, 15) is 0 Å². The fourth-order valence-electron chi connectivity index (χ4n) is 0.216. The molecule has 0 bridgehead atoms. The molecule has 0 radical (unpaired) electrons. The number of nitrogens with two attached hydrogens (primary N) is 1. The summed E-state index contributed by atoms with van der Waals surface area (Å²) in [6, 6.07) is 0. The second-order valence-corrected chi connectivity index (χ2v) is 3.44. The molecule has 0 amide bonds. The first-order valence-electron chi connectivity index (χ1n) is 2.16. The van der Waals surface area contributed by atoms with Crippen molar-refractivity contribution in [1.29, 1.82) is 0 Å². The van der Waals surface area contributed by atoms with Gasteiger partial charge in [-0.1, -0.05) is 11.3 Å². The largest absolute Gasteiger partial charge is 1.00 e. The van der Waals surface area contributed by atoms with Crippen LogP contribution in [0.15, 0.2) is 3.92 Å². The van der Waals surface area contributed by atoms with E-state index in [1.54, 1.807) is 0 Å². The summed E-state index contributed by atoms with van der Waals surface area (Å²) in [6.07, 6.45) is -2.08. The molecule has 0 spiro atoms. The van der Waals surface area contributed by atoms with Crippen LogP contribution in [0.1, 0.15) is 0 Å². The fraction of sp³-hybridized carbons (Fsp3) is 0. The predicted octanol–water partition coefficient (Wildman–Crippen LogP) is -3.23. The van der Waals surface area contributed by atoms with Crippen molar-refractivity contribution in [3.8, 4) is 0 Å². The Morgan fingerprint density at radius 2 is 2.08 bits per heavy atom. The molecule has 62 valence electrons. The van der Waals surface area contributed by atoms with E-state index in [0.29, 0.717) is 5.13 Å². The molecule has 1 heterocycles. The average Bonchev–Trinajstić information content (AvgIpc) is 2.13. The second kappa shape index (κ2) is 7.74. The molecule has 0 aliphatic carbocycles. The summed E-state index contributed by atoms with van der Waals surface area (Å²) in [4.78, 5) is 8.44. The fourth-order valence-corrected chi connectivity index (χ4v) is 1.13. The van der Waals surface area contributed by atoms with Crippen LogP contribution in [-0.2, 0) is 0 Å². The molecule has 12 heavy (non-hydrogen) atoms. The number of carbonyl (C=O) groups is 1.